The highest BCUT2D eigenvalue weighted by Gasteiger charge is 2.67. The van der Waals surface area contributed by atoms with Crippen molar-refractivity contribution in [2.24, 2.45) is 22.7 Å². The van der Waals surface area contributed by atoms with Gasteiger partial charge in [-0.2, -0.15) is 0 Å². The number of nitrogens with zero attached hydrogens (tertiary/aromatic N) is 3. The van der Waals surface area contributed by atoms with Crippen LogP contribution in [0.4, 0.5) is 0 Å². The van der Waals surface area contributed by atoms with E-state index in [1.54, 1.807) is 6.20 Å². The van der Waals surface area contributed by atoms with E-state index in [1.165, 1.54) is 14.0 Å². The number of ketones is 2. The molecule has 254 valence electrons. The van der Waals surface area contributed by atoms with Gasteiger partial charge >= 0.3 is 11.9 Å². The topological polar surface area (TPSA) is 135 Å². The lowest BCUT2D eigenvalue weighted by Crippen LogP contribution is -2.63. The number of ether oxygens (including phenoxy) is 4. The molecule has 2 unspecified atom stereocenters. The van der Waals surface area contributed by atoms with Crippen molar-refractivity contribution in [1.29, 1.82) is 0 Å². The van der Waals surface area contributed by atoms with Gasteiger partial charge in [-0.1, -0.05) is 13.8 Å². The first-order chi connectivity index (χ1) is 22.0. The minimum atomic E-state index is -1.19. The number of piperazine rings is 1. The summed E-state index contributed by atoms with van der Waals surface area (Å²) in [7, 11) is 1.50. The number of allylic oxidation sites excluding steroid dienone is 1. The molecule has 0 aromatic rings. The molecule has 3 aliphatic heterocycles. The molecular weight excluding hydrogens is 594 g/mol. The summed E-state index contributed by atoms with van der Waals surface area (Å²) in [6.45, 7) is 13.6. The normalized spacial score (nSPS) is 38.0. The van der Waals surface area contributed by atoms with Gasteiger partial charge in [-0.25, -0.2) is 4.79 Å². The fourth-order valence-electron chi connectivity index (χ4n) is 9.14. The van der Waals surface area contributed by atoms with Crippen molar-refractivity contribution >= 4 is 23.5 Å². The van der Waals surface area contributed by atoms with E-state index >= 15 is 0 Å². The summed E-state index contributed by atoms with van der Waals surface area (Å²) in [5.74, 6) is -3.95. The molecule has 6 rings (SSSR count). The number of aliphatic hydroxyl groups excluding tert-OH is 1. The third kappa shape index (κ3) is 5.74. The number of carbonyl (C=O) groups is 4. The van der Waals surface area contributed by atoms with Gasteiger partial charge in [0.15, 0.2) is 0 Å². The largest absolute Gasteiger partial charge is 0.458 e. The summed E-state index contributed by atoms with van der Waals surface area (Å²) < 4.78 is 22.9. The molecule has 0 spiro atoms. The first kappa shape index (κ1) is 33.3. The lowest BCUT2D eigenvalue weighted by atomic mass is 9.50. The Hall–Kier alpha value is -2.64. The summed E-state index contributed by atoms with van der Waals surface area (Å²) in [5, 5.41) is 11.0. The van der Waals surface area contributed by atoms with Gasteiger partial charge in [0.05, 0.1) is 37.4 Å². The molecule has 0 bridgehead atoms. The lowest BCUT2D eigenvalue weighted by molar-refractivity contribution is -0.175. The molecule has 12 heteroatoms. The fraction of sp³-hybridized carbons (Fsp3) is 0.765. The number of fused-ring (bicyclic) bond motifs is 4. The standard InChI is InChI=1S/C34H49N3O9/c1-21(38)45-24-18-33(2)23(6-7-25(33)39)27-29(24)34(3)26(20-43-4)46-32(42)22(28(34)31(41)30(27)40)19-37-12-10-35(11-13-37)8-5-9-36-14-16-44-17-15-36/h19,23-26,28,39H,5-18,20H2,1-4H3/b22-19+/t23?,24-,25+,26-,28?,33+,34+/m1/s1. The zero-order chi connectivity index (χ0) is 32.8. The Morgan fingerprint density at radius 2 is 1.70 bits per heavy atom. The van der Waals surface area contributed by atoms with Crippen LogP contribution in [0, 0.1) is 22.7 Å². The smallest absolute Gasteiger partial charge is 0.336 e. The third-order valence-corrected chi connectivity index (χ3v) is 11.7. The first-order valence-corrected chi connectivity index (χ1v) is 16.9. The summed E-state index contributed by atoms with van der Waals surface area (Å²) in [6.07, 6.45) is 1.68. The predicted octanol–water partition coefficient (Wildman–Crippen LogP) is 0.966. The zero-order valence-electron chi connectivity index (χ0n) is 27.6. The number of hydrogen-bond acceptors (Lipinski definition) is 12. The van der Waals surface area contributed by atoms with E-state index in [-0.39, 0.29) is 18.1 Å². The Kier molecular flexibility index (Phi) is 9.48. The molecule has 0 amide bonds. The highest BCUT2D eigenvalue weighted by atomic mass is 16.6. The summed E-state index contributed by atoms with van der Waals surface area (Å²) in [6, 6.07) is 0. The molecule has 12 nitrogen and oxygen atoms in total. The van der Waals surface area contributed by atoms with Gasteiger partial charge < -0.3 is 29.0 Å². The van der Waals surface area contributed by atoms with Crippen LogP contribution < -0.4 is 0 Å². The Labute approximate surface area is 271 Å². The number of cyclic esters (lactones) is 1. The molecule has 1 saturated carbocycles. The second kappa shape index (κ2) is 13.1. The third-order valence-electron chi connectivity index (χ3n) is 11.7. The van der Waals surface area contributed by atoms with Gasteiger partial charge in [-0.05, 0) is 50.3 Å². The monoisotopic (exact) mass is 643 g/mol. The van der Waals surface area contributed by atoms with Crippen molar-refractivity contribution in [1.82, 2.24) is 14.7 Å². The van der Waals surface area contributed by atoms with Crippen LogP contribution in [0.25, 0.3) is 0 Å². The SMILES string of the molecule is COC[C@H]1OC(=O)/C(=C/N2CCN(CCCN3CCOCC3)CC2)C2C(=O)C(=O)C3=C([C@H](OC(C)=O)C[C@@]4(C)C3CC[C@@H]4O)[C@]21C. The molecule has 3 aliphatic carbocycles. The molecule has 1 N–H and O–H groups in total. The van der Waals surface area contributed by atoms with Crippen LogP contribution >= 0.6 is 0 Å². The van der Waals surface area contributed by atoms with Crippen LogP contribution in [-0.4, -0.2) is 141 Å². The van der Waals surface area contributed by atoms with Gasteiger partial charge in [0.2, 0.25) is 11.6 Å². The molecule has 4 fully saturated rings. The molecule has 3 saturated heterocycles. The van der Waals surface area contributed by atoms with Crippen molar-refractivity contribution < 1.29 is 43.2 Å². The number of aliphatic hydroxyl groups is 1. The average Bonchev–Trinajstić information content (AvgIpc) is 3.32. The second-order valence-corrected chi connectivity index (χ2v) is 14.3. The van der Waals surface area contributed by atoms with Crippen LogP contribution in [0.1, 0.15) is 46.5 Å². The molecule has 0 aromatic heterocycles. The van der Waals surface area contributed by atoms with Crippen molar-refractivity contribution in [3.8, 4) is 0 Å². The van der Waals surface area contributed by atoms with Crippen molar-refractivity contribution in [2.75, 3.05) is 79.3 Å². The van der Waals surface area contributed by atoms with Gasteiger partial charge in [0.25, 0.3) is 0 Å². The minimum absolute atomic E-state index is 0.00471. The zero-order valence-corrected chi connectivity index (χ0v) is 27.6. The van der Waals surface area contributed by atoms with Gasteiger partial charge in [-0.15, -0.1) is 0 Å². The summed E-state index contributed by atoms with van der Waals surface area (Å²) in [4.78, 5) is 61.5. The molecule has 6 aliphatic rings. The van der Waals surface area contributed by atoms with E-state index in [1.807, 2.05) is 18.7 Å². The minimum Gasteiger partial charge on any atom is -0.458 e. The maximum Gasteiger partial charge on any atom is 0.336 e. The number of carbonyl (C=O) groups excluding carboxylic acids is 4. The number of esters is 2. The Balaban J connectivity index is 1.29. The molecule has 3 heterocycles. The molecular formula is C34H49N3O9. The van der Waals surface area contributed by atoms with E-state index in [0.29, 0.717) is 43.5 Å². The van der Waals surface area contributed by atoms with Gasteiger partial charge in [0, 0.05) is 75.9 Å². The van der Waals surface area contributed by atoms with Crippen molar-refractivity contribution in [2.45, 2.75) is 64.8 Å². The lowest BCUT2D eigenvalue weighted by Gasteiger charge is -2.56. The second-order valence-electron chi connectivity index (χ2n) is 14.3. The van der Waals surface area contributed by atoms with E-state index in [0.717, 1.165) is 58.9 Å². The summed E-state index contributed by atoms with van der Waals surface area (Å²) in [5.41, 5.74) is -0.904. The van der Waals surface area contributed by atoms with E-state index < -0.39 is 58.6 Å². The Morgan fingerprint density at radius 3 is 2.35 bits per heavy atom. The van der Waals surface area contributed by atoms with Gasteiger partial charge in [0.1, 0.15) is 12.2 Å². The molecule has 0 radical (unpaired) electrons. The van der Waals surface area contributed by atoms with E-state index in [9.17, 15) is 24.3 Å². The highest BCUT2D eigenvalue weighted by molar-refractivity contribution is 6.47. The van der Waals surface area contributed by atoms with Crippen LogP contribution in [-0.2, 0) is 38.1 Å². The number of morpholine rings is 1. The molecule has 0 aromatic carbocycles. The maximum atomic E-state index is 14.3. The average molecular weight is 644 g/mol. The van der Waals surface area contributed by atoms with Crippen molar-refractivity contribution in [3.63, 3.8) is 0 Å². The van der Waals surface area contributed by atoms with E-state index in [2.05, 4.69) is 9.80 Å². The van der Waals surface area contributed by atoms with E-state index in [4.69, 9.17) is 18.9 Å². The highest BCUT2D eigenvalue weighted by Crippen LogP contribution is 2.63. The van der Waals surface area contributed by atoms with Crippen LogP contribution in [0.5, 0.6) is 0 Å². The molecule has 7 atom stereocenters. The predicted molar refractivity (Wildman–Crippen MR) is 165 cm³/mol. The Bertz CT molecular complexity index is 1300. The first-order valence-electron chi connectivity index (χ1n) is 16.9. The quantitative estimate of drug-likeness (QED) is 0.229. The van der Waals surface area contributed by atoms with Crippen LogP contribution in [0.15, 0.2) is 22.9 Å². The van der Waals surface area contributed by atoms with Crippen molar-refractivity contribution in [3.05, 3.63) is 22.9 Å². The van der Waals surface area contributed by atoms with Gasteiger partial charge in [-0.3, -0.25) is 24.2 Å². The van der Waals surface area contributed by atoms with Crippen LogP contribution in [0.2, 0.25) is 0 Å². The fourth-order valence-corrected chi connectivity index (χ4v) is 9.14. The number of Topliss-reactive ketones (excluding diaryl/α,β-unsaturated/α-hetero) is 2. The number of methoxy groups -OCH3 is 1. The van der Waals surface area contributed by atoms with Crippen LogP contribution in [0.3, 0.4) is 0 Å². The molecule has 46 heavy (non-hydrogen) atoms. The number of rotatable bonds is 8. The number of hydrogen-bond donors (Lipinski definition) is 1. The Morgan fingerprint density at radius 1 is 1.02 bits per heavy atom. The summed E-state index contributed by atoms with van der Waals surface area (Å²) >= 11 is 0. The maximum absolute atomic E-state index is 14.3.